The van der Waals surface area contributed by atoms with Crippen LogP contribution in [-0.4, -0.2) is 61.0 Å². The third-order valence-corrected chi connectivity index (χ3v) is 11.0. The van der Waals surface area contributed by atoms with Crippen LogP contribution in [0.15, 0.2) is 66.9 Å². The lowest BCUT2D eigenvalue weighted by Gasteiger charge is -2.33. The second-order valence-corrected chi connectivity index (χ2v) is 15.9. The summed E-state index contributed by atoms with van der Waals surface area (Å²) in [4.78, 5) is 18.5. The highest BCUT2D eigenvalue weighted by Crippen LogP contribution is 2.39. The molecule has 1 aliphatic carbocycles. The first-order valence-electron chi connectivity index (χ1n) is 19.2. The van der Waals surface area contributed by atoms with Crippen LogP contribution in [0.2, 0.25) is 0 Å². The van der Waals surface area contributed by atoms with Crippen LogP contribution in [0.3, 0.4) is 0 Å². The van der Waals surface area contributed by atoms with Crippen molar-refractivity contribution in [1.82, 2.24) is 34.6 Å². The van der Waals surface area contributed by atoms with E-state index in [1.807, 2.05) is 53.1 Å². The van der Waals surface area contributed by atoms with E-state index in [0.29, 0.717) is 30.4 Å². The number of piperidine rings is 1. The normalized spacial score (nSPS) is 20.8. The van der Waals surface area contributed by atoms with Gasteiger partial charge < -0.3 is 15.0 Å². The van der Waals surface area contributed by atoms with Gasteiger partial charge in [-0.25, -0.2) is 13.9 Å². The van der Waals surface area contributed by atoms with E-state index in [2.05, 4.69) is 70.5 Å². The molecule has 3 aromatic heterocycles. The fourth-order valence-electron chi connectivity index (χ4n) is 8.06. The average molecular weight is 720 g/mol. The number of carbonyl (C=O) groups excluding carboxylic acids is 1. The van der Waals surface area contributed by atoms with Crippen molar-refractivity contribution in [3.63, 3.8) is 0 Å². The van der Waals surface area contributed by atoms with Crippen LogP contribution in [0.5, 0.6) is 5.75 Å². The van der Waals surface area contributed by atoms with Gasteiger partial charge >= 0.3 is 6.03 Å². The number of anilines is 2. The number of hydrogen-bond donors (Lipinski definition) is 2. The number of likely N-dealkylation sites (tertiary alicyclic amines) is 1. The van der Waals surface area contributed by atoms with Crippen molar-refractivity contribution in [2.75, 3.05) is 29.9 Å². The molecule has 2 aromatic carbocycles. The van der Waals surface area contributed by atoms with Gasteiger partial charge in [-0.1, -0.05) is 51.1 Å². The molecule has 8 rings (SSSR count). The van der Waals surface area contributed by atoms with Gasteiger partial charge in [0.25, 0.3) is 0 Å². The van der Waals surface area contributed by atoms with E-state index in [9.17, 15) is 4.79 Å². The summed E-state index contributed by atoms with van der Waals surface area (Å²) in [6, 6.07) is 18.9. The summed E-state index contributed by atoms with van der Waals surface area (Å²) in [5.41, 5.74) is 4.61. The molecule has 0 radical (unpaired) electrons. The van der Waals surface area contributed by atoms with Crippen molar-refractivity contribution in [3.8, 4) is 11.4 Å². The van der Waals surface area contributed by atoms with Crippen molar-refractivity contribution in [3.05, 3.63) is 95.1 Å². The molecule has 11 nitrogen and oxygen atoms in total. The smallest absolute Gasteiger partial charge is 0.320 e. The quantitative estimate of drug-likeness (QED) is 0.167. The highest BCUT2D eigenvalue weighted by molar-refractivity contribution is 5.89. The Labute approximate surface area is 310 Å². The maximum Gasteiger partial charge on any atom is 0.320 e. The van der Waals surface area contributed by atoms with Gasteiger partial charge in [0.05, 0.1) is 17.9 Å². The number of aromatic nitrogens is 5. The molecule has 12 heteroatoms. The van der Waals surface area contributed by atoms with Gasteiger partial charge in [0.15, 0.2) is 5.65 Å². The highest BCUT2D eigenvalue weighted by atomic mass is 19.1. The molecular formula is C41H50FN9O2. The van der Waals surface area contributed by atoms with E-state index in [-0.39, 0.29) is 23.6 Å². The molecule has 0 saturated carbocycles. The van der Waals surface area contributed by atoms with Crippen LogP contribution in [0.25, 0.3) is 11.3 Å². The van der Waals surface area contributed by atoms with E-state index in [1.54, 1.807) is 0 Å². The molecule has 2 N–H and O–H groups in total. The Bertz CT molecular complexity index is 2100. The van der Waals surface area contributed by atoms with E-state index >= 15 is 4.39 Å². The first kappa shape index (κ1) is 35.1. The summed E-state index contributed by atoms with van der Waals surface area (Å²) in [6.45, 7) is 12.2. The Morgan fingerprint density at radius 3 is 2.51 bits per heavy atom. The summed E-state index contributed by atoms with van der Waals surface area (Å²) >= 11 is 0. The Hall–Kier alpha value is -4.97. The number of ether oxygens (including phenoxy) is 1. The SMILES string of the molecule is CC1CCCCN1c1nnc2ccc(O[C@@H]3CC[C@H](NC(=O)Nc4cc(C(C)(C)C)nn4-c4cc(CN5CCCC5)ccc4F)c4ccccc43)cn12. The fraction of sp³-hybridized carbons (Fsp3) is 0.463. The number of pyridine rings is 1. The van der Waals surface area contributed by atoms with Crippen molar-refractivity contribution in [2.45, 2.75) is 103 Å². The predicted molar refractivity (Wildman–Crippen MR) is 204 cm³/mol. The number of carbonyl (C=O) groups is 1. The third kappa shape index (κ3) is 7.33. The minimum absolute atomic E-state index is 0.190. The molecular weight excluding hydrogens is 670 g/mol. The van der Waals surface area contributed by atoms with E-state index < -0.39 is 5.82 Å². The van der Waals surface area contributed by atoms with Gasteiger partial charge in [-0.2, -0.15) is 5.10 Å². The summed E-state index contributed by atoms with van der Waals surface area (Å²) < 4.78 is 25.7. The Kier molecular flexibility index (Phi) is 9.57. The largest absolute Gasteiger partial charge is 0.484 e. The lowest BCUT2D eigenvalue weighted by molar-refractivity contribution is 0.171. The van der Waals surface area contributed by atoms with Crippen LogP contribution in [0.4, 0.5) is 21.0 Å². The lowest BCUT2D eigenvalue weighted by Crippen LogP contribution is -2.38. The van der Waals surface area contributed by atoms with Crippen molar-refractivity contribution < 1.29 is 13.9 Å². The summed E-state index contributed by atoms with van der Waals surface area (Å²) in [6.07, 6.45) is 9.08. The minimum Gasteiger partial charge on any atom is -0.484 e. The van der Waals surface area contributed by atoms with Crippen molar-refractivity contribution in [1.29, 1.82) is 0 Å². The fourth-order valence-corrected chi connectivity index (χ4v) is 8.06. The van der Waals surface area contributed by atoms with Crippen LogP contribution < -0.4 is 20.3 Å². The van der Waals surface area contributed by atoms with Crippen LogP contribution in [0, 0.1) is 5.82 Å². The standard InChI is InChI=1S/C41H50FN9O2/c1-27-11-7-8-22-49(27)40-46-45-37-19-15-29(26-50(37)40)53-35-18-17-33(30-12-5-6-13-31(30)35)43-39(52)44-38-24-36(41(2,3)4)47-51(38)34-23-28(14-16-32(34)42)25-48-20-9-10-21-48/h5-6,12-16,19,23-24,26-27,33,35H,7-11,17-18,20-22,25H2,1-4H3,(H2,43,44,52)/t27?,33-,35+/m0/s1. The average Bonchev–Trinajstić information content (AvgIpc) is 3.91. The van der Waals surface area contributed by atoms with Gasteiger partial charge in [-0.3, -0.25) is 14.6 Å². The molecule has 0 bridgehead atoms. The molecule has 2 amide bonds. The van der Waals surface area contributed by atoms with Gasteiger partial charge in [-0.05, 0) is 106 Å². The molecule has 278 valence electrons. The third-order valence-electron chi connectivity index (χ3n) is 11.0. The molecule has 2 aliphatic heterocycles. The topological polar surface area (TPSA) is 105 Å². The Morgan fingerprint density at radius 1 is 0.925 bits per heavy atom. The highest BCUT2D eigenvalue weighted by Gasteiger charge is 2.31. The van der Waals surface area contributed by atoms with Crippen molar-refractivity contribution in [2.24, 2.45) is 0 Å². The number of rotatable bonds is 8. The molecule has 2 saturated heterocycles. The van der Waals surface area contributed by atoms with Gasteiger partial charge in [-0.15, -0.1) is 10.2 Å². The number of nitrogens with zero attached hydrogens (tertiary/aromatic N) is 7. The molecule has 5 heterocycles. The monoisotopic (exact) mass is 719 g/mol. The number of fused-ring (bicyclic) bond motifs is 2. The molecule has 5 aromatic rings. The lowest BCUT2D eigenvalue weighted by atomic mass is 9.85. The van der Waals surface area contributed by atoms with Gasteiger partial charge in [0.1, 0.15) is 29.2 Å². The first-order valence-corrected chi connectivity index (χ1v) is 19.2. The number of amides is 2. The maximum absolute atomic E-state index is 15.5. The maximum atomic E-state index is 15.5. The van der Waals surface area contributed by atoms with E-state index in [1.165, 1.54) is 30.0 Å². The zero-order chi connectivity index (χ0) is 36.7. The summed E-state index contributed by atoms with van der Waals surface area (Å²) in [5, 5.41) is 20.0. The summed E-state index contributed by atoms with van der Waals surface area (Å²) in [5.74, 6) is 1.62. The van der Waals surface area contributed by atoms with Gasteiger partial charge in [0, 0.05) is 30.6 Å². The van der Waals surface area contributed by atoms with Crippen LogP contribution >= 0.6 is 0 Å². The first-order chi connectivity index (χ1) is 25.6. The van der Waals surface area contributed by atoms with E-state index in [4.69, 9.17) is 9.84 Å². The number of urea groups is 1. The minimum atomic E-state index is -0.393. The number of benzene rings is 2. The molecule has 53 heavy (non-hydrogen) atoms. The van der Waals surface area contributed by atoms with E-state index in [0.717, 1.165) is 78.7 Å². The Morgan fingerprint density at radius 2 is 1.72 bits per heavy atom. The molecule has 3 aliphatic rings. The Balaban J connectivity index is 1.00. The predicted octanol–water partition coefficient (Wildman–Crippen LogP) is 8.10. The zero-order valence-electron chi connectivity index (χ0n) is 31.2. The summed E-state index contributed by atoms with van der Waals surface area (Å²) in [7, 11) is 0. The molecule has 2 fully saturated rings. The van der Waals surface area contributed by atoms with Crippen LogP contribution in [0.1, 0.15) is 107 Å². The number of nitrogens with one attached hydrogen (secondary N) is 2. The molecule has 0 spiro atoms. The van der Waals surface area contributed by atoms with Crippen LogP contribution in [-0.2, 0) is 12.0 Å². The second-order valence-electron chi connectivity index (χ2n) is 15.9. The molecule has 1 unspecified atom stereocenters. The van der Waals surface area contributed by atoms with Crippen molar-refractivity contribution >= 4 is 23.4 Å². The number of hydrogen-bond acceptors (Lipinski definition) is 7. The zero-order valence-corrected chi connectivity index (χ0v) is 31.2. The number of halogens is 1. The van der Waals surface area contributed by atoms with Gasteiger partial charge in [0.2, 0.25) is 5.95 Å². The second kappa shape index (κ2) is 14.5. The molecule has 3 atom stereocenters.